The zero-order chi connectivity index (χ0) is 25.6. The number of halogens is 1. The van der Waals surface area contributed by atoms with Gasteiger partial charge in [0.15, 0.2) is 0 Å². The lowest BCUT2D eigenvalue weighted by Crippen LogP contribution is -2.34. The first-order valence-electron chi connectivity index (χ1n) is 11.5. The Bertz CT molecular complexity index is 1260. The van der Waals surface area contributed by atoms with Gasteiger partial charge in [-0.25, -0.2) is 8.42 Å². The van der Waals surface area contributed by atoms with Gasteiger partial charge in [0.05, 0.1) is 22.4 Å². The van der Waals surface area contributed by atoms with Gasteiger partial charge in [-0.05, 0) is 54.8 Å². The number of sulfonamides is 1. The second-order valence-corrected chi connectivity index (χ2v) is 10.9. The third-order valence-electron chi connectivity index (χ3n) is 5.76. The van der Waals surface area contributed by atoms with Crippen LogP contribution in [0, 0.1) is 0 Å². The van der Waals surface area contributed by atoms with E-state index in [1.54, 1.807) is 41.3 Å². The molecule has 3 rings (SSSR count). The molecule has 0 aromatic heterocycles. The van der Waals surface area contributed by atoms with Crippen LogP contribution in [0.3, 0.4) is 0 Å². The van der Waals surface area contributed by atoms with Crippen molar-refractivity contribution >= 4 is 38.9 Å². The van der Waals surface area contributed by atoms with Crippen LogP contribution in [0.1, 0.15) is 47.8 Å². The highest BCUT2D eigenvalue weighted by Crippen LogP contribution is 2.31. The molecule has 0 unspecified atom stereocenters. The van der Waals surface area contributed by atoms with Crippen molar-refractivity contribution in [3.8, 4) is 0 Å². The molecular weight excluding hydrogens is 482 g/mol. The van der Waals surface area contributed by atoms with Gasteiger partial charge >= 0.3 is 0 Å². The SMILES string of the molecule is CCCS(=O)(=O)Nc1ccc(N(C)C)c(CN(C(=O)c2ccccc2Cl)[C@H](C)c2ccccc2)c1. The molecule has 186 valence electrons. The van der Waals surface area contributed by atoms with E-state index in [1.807, 2.05) is 69.2 Å². The van der Waals surface area contributed by atoms with Gasteiger partial charge in [-0.3, -0.25) is 9.52 Å². The molecule has 0 radical (unpaired) electrons. The van der Waals surface area contributed by atoms with Crippen molar-refractivity contribution in [2.24, 2.45) is 0 Å². The third kappa shape index (κ3) is 6.77. The van der Waals surface area contributed by atoms with E-state index in [0.29, 0.717) is 22.7 Å². The van der Waals surface area contributed by atoms with Crippen LogP contribution in [0.15, 0.2) is 72.8 Å². The Morgan fingerprint density at radius 3 is 2.29 bits per heavy atom. The molecule has 1 atom stereocenters. The van der Waals surface area contributed by atoms with E-state index in [4.69, 9.17) is 11.6 Å². The Balaban J connectivity index is 2.06. The van der Waals surface area contributed by atoms with Crippen LogP contribution in [-0.2, 0) is 16.6 Å². The first-order chi connectivity index (χ1) is 16.6. The van der Waals surface area contributed by atoms with Crippen molar-refractivity contribution < 1.29 is 13.2 Å². The fraction of sp³-hybridized carbons (Fsp3) is 0.296. The molecule has 3 aromatic carbocycles. The van der Waals surface area contributed by atoms with Gasteiger partial charge < -0.3 is 9.80 Å². The lowest BCUT2D eigenvalue weighted by molar-refractivity contribution is 0.0674. The minimum atomic E-state index is -3.45. The van der Waals surface area contributed by atoms with Gasteiger partial charge in [0.25, 0.3) is 5.91 Å². The Labute approximate surface area is 213 Å². The van der Waals surface area contributed by atoms with Crippen LogP contribution in [-0.4, -0.2) is 39.1 Å². The first-order valence-corrected chi connectivity index (χ1v) is 13.6. The number of hydrogen-bond acceptors (Lipinski definition) is 4. The predicted molar refractivity (Wildman–Crippen MR) is 145 cm³/mol. The van der Waals surface area contributed by atoms with E-state index in [9.17, 15) is 13.2 Å². The molecule has 1 amide bonds. The maximum Gasteiger partial charge on any atom is 0.256 e. The van der Waals surface area contributed by atoms with E-state index in [0.717, 1.165) is 16.8 Å². The molecule has 1 N–H and O–H groups in total. The minimum Gasteiger partial charge on any atom is -0.377 e. The third-order valence-corrected chi connectivity index (χ3v) is 7.58. The molecule has 0 saturated heterocycles. The monoisotopic (exact) mass is 513 g/mol. The molecule has 0 aliphatic carbocycles. The smallest absolute Gasteiger partial charge is 0.256 e. The number of benzene rings is 3. The van der Waals surface area contributed by atoms with Gasteiger partial charge in [-0.2, -0.15) is 0 Å². The molecule has 0 heterocycles. The number of nitrogens with zero attached hydrogens (tertiary/aromatic N) is 2. The lowest BCUT2D eigenvalue weighted by atomic mass is 10.0. The van der Waals surface area contributed by atoms with E-state index in [1.165, 1.54) is 0 Å². The highest BCUT2D eigenvalue weighted by molar-refractivity contribution is 7.92. The van der Waals surface area contributed by atoms with Crippen LogP contribution in [0.4, 0.5) is 11.4 Å². The number of rotatable bonds is 10. The Kier molecular flexibility index (Phi) is 8.81. The molecule has 0 bridgehead atoms. The summed E-state index contributed by atoms with van der Waals surface area (Å²) in [5.74, 6) is -0.159. The summed E-state index contributed by atoms with van der Waals surface area (Å²) in [6, 6.07) is 22.0. The van der Waals surface area contributed by atoms with E-state index in [2.05, 4.69) is 4.72 Å². The number of nitrogens with one attached hydrogen (secondary N) is 1. The van der Waals surface area contributed by atoms with Crippen molar-refractivity contribution in [3.05, 3.63) is 94.5 Å². The van der Waals surface area contributed by atoms with Gasteiger partial charge in [-0.1, -0.05) is 61.0 Å². The van der Waals surface area contributed by atoms with Crippen molar-refractivity contribution in [2.45, 2.75) is 32.9 Å². The average Bonchev–Trinajstić information content (AvgIpc) is 2.82. The molecule has 35 heavy (non-hydrogen) atoms. The summed E-state index contributed by atoms with van der Waals surface area (Å²) >= 11 is 6.39. The van der Waals surface area contributed by atoms with Gasteiger partial charge in [-0.15, -0.1) is 0 Å². The molecule has 0 fully saturated rings. The quantitative estimate of drug-likeness (QED) is 0.363. The molecule has 8 heteroatoms. The zero-order valence-electron chi connectivity index (χ0n) is 20.5. The summed E-state index contributed by atoms with van der Waals surface area (Å²) in [5.41, 5.74) is 3.58. The summed E-state index contributed by atoms with van der Waals surface area (Å²) in [4.78, 5) is 17.5. The molecule has 3 aromatic rings. The summed E-state index contributed by atoms with van der Waals surface area (Å²) < 4.78 is 27.4. The Hall–Kier alpha value is -3.03. The first kappa shape index (κ1) is 26.6. The molecular formula is C27H32ClN3O3S. The Morgan fingerprint density at radius 2 is 1.66 bits per heavy atom. The zero-order valence-corrected chi connectivity index (χ0v) is 22.1. The molecule has 0 aliphatic rings. The maximum atomic E-state index is 13.8. The van der Waals surface area contributed by atoms with Crippen LogP contribution in [0.5, 0.6) is 0 Å². The average molecular weight is 514 g/mol. The fourth-order valence-corrected chi connectivity index (χ4v) is 5.32. The number of hydrogen-bond donors (Lipinski definition) is 1. The second-order valence-electron chi connectivity index (χ2n) is 8.66. The normalized spacial score (nSPS) is 12.1. The number of anilines is 2. The van der Waals surface area contributed by atoms with Gasteiger partial charge in [0, 0.05) is 32.0 Å². The van der Waals surface area contributed by atoms with E-state index in [-0.39, 0.29) is 24.2 Å². The number of carbonyl (C=O) groups excluding carboxylic acids is 1. The van der Waals surface area contributed by atoms with E-state index >= 15 is 0 Å². The van der Waals surface area contributed by atoms with Crippen LogP contribution in [0.2, 0.25) is 5.02 Å². The molecule has 6 nitrogen and oxygen atoms in total. The second kappa shape index (κ2) is 11.6. The predicted octanol–water partition coefficient (Wildman–Crippen LogP) is 5.96. The summed E-state index contributed by atoms with van der Waals surface area (Å²) in [6.07, 6.45) is 0.521. The van der Waals surface area contributed by atoms with Crippen LogP contribution >= 0.6 is 11.6 Å². The number of amides is 1. The highest BCUT2D eigenvalue weighted by atomic mass is 35.5. The lowest BCUT2D eigenvalue weighted by Gasteiger charge is -2.32. The number of carbonyl (C=O) groups is 1. The Morgan fingerprint density at radius 1 is 1.00 bits per heavy atom. The highest BCUT2D eigenvalue weighted by Gasteiger charge is 2.26. The maximum absolute atomic E-state index is 13.8. The van der Waals surface area contributed by atoms with Gasteiger partial charge in [0.1, 0.15) is 0 Å². The standard InChI is InChI=1S/C27H32ClN3O3S/c1-5-17-35(33,34)29-23-15-16-26(30(3)4)22(18-23)19-31(20(2)21-11-7-6-8-12-21)27(32)24-13-9-10-14-25(24)28/h6-16,18,20,29H,5,17,19H2,1-4H3/t20-/m1/s1. The topological polar surface area (TPSA) is 69.7 Å². The minimum absolute atomic E-state index is 0.0416. The summed E-state index contributed by atoms with van der Waals surface area (Å²) in [5, 5.41) is 0.386. The summed E-state index contributed by atoms with van der Waals surface area (Å²) in [6.45, 7) is 4.06. The van der Waals surface area contributed by atoms with Crippen molar-refractivity contribution in [3.63, 3.8) is 0 Å². The molecule has 0 saturated carbocycles. The largest absolute Gasteiger partial charge is 0.377 e. The van der Waals surface area contributed by atoms with Crippen molar-refractivity contribution in [1.82, 2.24) is 4.90 Å². The fourth-order valence-electron chi connectivity index (χ4n) is 3.98. The molecule has 0 spiro atoms. The van der Waals surface area contributed by atoms with Crippen molar-refractivity contribution in [1.29, 1.82) is 0 Å². The summed E-state index contributed by atoms with van der Waals surface area (Å²) in [7, 11) is 0.386. The van der Waals surface area contributed by atoms with Crippen LogP contribution < -0.4 is 9.62 Å². The van der Waals surface area contributed by atoms with E-state index < -0.39 is 10.0 Å². The van der Waals surface area contributed by atoms with Gasteiger partial charge in [0.2, 0.25) is 10.0 Å². The van der Waals surface area contributed by atoms with Crippen molar-refractivity contribution in [2.75, 3.05) is 29.5 Å². The molecule has 0 aliphatic heterocycles. The van der Waals surface area contributed by atoms with Crippen LogP contribution in [0.25, 0.3) is 0 Å².